The van der Waals surface area contributed by atoms with Crippen LogP contribution >= 0.6 is 23.1 Å². The van der Waals surface area contributed by atoms with Crippen molar-refractivity contribution in [3.63, 3.8) is 0 Å². The maximum absolute atomic E-state index is 12.3. The van der Waals surface area contributed by atoms with Gasteiger partial charge in [0.2, 0.25) is 0 Å². The van der Waals surface area contributed by atoms with E-state index in [1.807, 2.05) is 29.0 Å². The number of aromatic nitrogens is 1. The van der Waals surface area contributed by atoms with Crippen LogP contribution in [0.1, 0.15) is 34.8 Å². The number of aryl methyl sites for hydroxylation is 1. The molecule has 3 heterocycles. The standard InChI is InChI=1S/C15H20N2O2S2/c1-10-16-13(7-20-10)14(18)17-8-15(9-17)4-12(6-21-15)19-5-11-2-3-11/h7,11-12H,2-6,8-9H2,1H3. The number of ether oxygens (including phenoxy) is 1. The third-order valence-corrected chi connectivity index (χ3v) is 6.87. The Kier molecular flexibility index (Phi) is 3.51. The second kappa shape index (κ2) is 5.25. The van der Waals surface area contributed by atoms with Crippen LogP contribution in [0.5, 0.6) is 0 Å². The highest BCUT2D eigenvalue weighted by Crippen LogP contribution is 2.46. The van der Waals surface area contributed by atoms with Crippen molar-refractivity contribution in [2.75, 3.05) is 25.4 Å². The number of carbonyl (C=O) groups is 1. The van der Waals surface area contributed by atoms with E-state index in [1.54, 1.807) is 11.3 Å². The molecule has 1 saturated carbocycles. The number of thioether (sulfide) groups is 1. The number of amides is 1. The van der Waals surface area contributed by atoms with E-state index in [-0.39, 0.29) is 10.7 Å². The summed E-state index contributed by atoms with van der Waals surface area (Å²) in [5.41, 5.74) is 0.608. The van der Waals surface area contributed by atoms with Crippen LogP contribution in [0.3, 0.4) is 0 Å². The molecule has 1 aliphatic carbocycles. The zero-order valence-corrected chi connectivity index (χ0v) is 13.8. The van der Waals surface area contributed by atoms with E-state index in [0.29, 0.717) is 11.8 Å². The number of carbonyl (C=O) groups excluding carboxylic acids is 1. The third-order valence-electron chi connectivity index (χ3n) is 4.52. The first-order valence-corrected chi connectivity index (χ1v) is 9.47. The van der Waals surface area contributed by atoms with E-state index >= 15 is 0 Å². The predicted octanol–water partition coefficient (Wildman–Crippen LogP) is 2.58. The topological polar surface area (TPSA) is 42.4 Å². The molecule has 3 fully saturated rings. The molecule has 21 heavy (non-hydrogen) atoms. The Morgan fingerprint density at radius 1 is 1.52 bits per heavy atom. The summed E-state index contributed by atoms with van der Waals surface area (Å²) >= 11 is 3.54. The van der Waals surface area contributed by atoms with Crippen LogP contribution in [0.4, 0.5) is 0 Å². The number of nitrogens with zero attached hydrogens (tertiary/aromatic N) is 2. The molecule has 3 aliphatic rings. The SMILES string of the molecule is Cc1nc(C(=O)N2CC3(CC(OCC4CC4)CS3)C2)cs1. The number of rotatable bonds is 4. The van der Waals surface area contributed by atoms with Gasteiger partial charge in [-0.05, 0) is 32.1 Å². The summed E-state index contributed by atoms with van der Waals surface area (Å²) in [5, 5.41) is 2.82. The summed E-state index contributed by atoms with van der Waals surface area (Å²) in [5.74, 6) is 2.01. The van der Waals surface area contributed by atoms with Crippen LogP contribution in [-0.2, 0) is 4.74 Å². The Morgan fingerprint density at radius 3 is 3.00 bits per heavy atom. The highest BCUT2D eigenvalue weighted by atomic mass is 32.2. The van der Waals surface area contributed by atoms with Gasteiger partial charge in [-0.3, -0.25) is 4.79 Å². The van der Waals surface area contributed by atoms with Crippen molar-refractivity contribution in [3.8, 4) is 0 Å². The maximum atomic E-state index is 12.3. The van der Waals surface area contributed by atoms with E-state index in [4.69, 9.17) is 4.74 Å². The van der Waals surface area contributed by atoms with Gasteiger partial charge in [0.15, 0.2) is 0 Å². The van der Waals surface area contributed by atoms with Crippen molar-refractivity contribution in [1.29, 1.82) is 0 Å². The molecule has 0 N–H and O–H groups in total. The van der Waals surface area contributed by atoms with Crippen LogP contribution in [0, 0.1) is 12.8 Å². The summed E-state index contributed by atoms with van der Waals surface area (Å²) in [7, 11) is 0. The monoisotopic (exact) mass is 324 g/mol. The summed E-state index contributed by atoms with van der Waals surface area (Å²) in [6.45, 7) is 4.60. The predicted molar refractivity (Wildman–Crippen MR) is 85.0 cm³/mol. The summed E-state index contributed by atoms with van der Waals surface area (Å²) in [6.07, 6.45) is 4.19. The first-order chi connectivity index (χ1) is 10.1. The molecule has 1 aromatic heterocycles. The van der Waals surface area contributed by atoms with Crippen molar-refractivity contribution in [3.05, 3.63) is 16.1 Å². The lowest BCUT2D eigenvalue weighted by Crippen LogP contribution is -2.60. The first-order valence-electron chi connectivity index (χ1n) is 7.60. The van der Waals surface area contributed by atoms with E-state index in [9.17, 15) is 4.79 Å². The van der Waals surface area contributed by atoms with Crippen molar-refractivity contribution < 1.29 is 9.53 Å². The van der Waals surface area contributed by atoms with Gasteiger partial charge in [0, 0.05) is 30.8 Å². The summed E-state index contributed by atoms with van der Waals surface area (Å²) in [6, 6.07) is 0. The normalized spacial score (nSPS) is 27.1. The van der Waals surface area contributed by atoms with Gasteiger partial charge >= 0.3 is 0 Å². The van der Waals surface area contributed by atoms with E-state index in [2.05, 4.69) is 4.98 Å². The molecule has 1 unspecified atom stereocenters. The third kappa shape index (κ3) is 2.85. The van der Waals surface area contributed by atoms with Crippen LogP contribution in [0.15, 0.2) is 5.38 Å². The van der Waals surface area contributed by atoms with E-state index in [0.717, 1.165) is 42.8 Å². The highest BCUT2D eigenvalue weighted by molar-refractivity contribution is 8.01. The fraction of sp³-hybridized carbons (Fsp3) is 0.733. The molecular weight excluding hydrogens is 304 g/mol. The van der Waals surface area contributed by atoms with Gasteiger partial charge in [-0.15, -0.1) is 23.1 Å². The van der Waals surface area contributed by atoms with Gasteiger partial charge in [0.05, 0.1) is 15.9 Å². The Morgan fingerprint density at radius 2 is 2.33 bits per heavy atom. The molecule has 1 amide bonds. The van der Waals surface area contributed by atoms with Crippen LogP contribution < -0.4 is 0 Å². The highest BCUT2D eigenvalue weighted by Gasteiger charge is 2.51. The molecule has 2 aliphatic heterocycles. The zero-order valence-electron chi connectivity index (χ0n) is 12.2. The van der Waals surface area contributed by atoms with E-state index < -0.39 is 0 Å². The number of hydrogen-bond donors (Lipinski definition) is 0. The Hall–Kier alpha value is -0.590. The molecule has 1 atom stereocenters. The largest absolute Gasteiger partial charge is 0.377 e. The molecular formula is C15H20N2O2S2. The van der Waals surface area contributed by atoms with Crippen molar-refractivity contribution in [2.24, 2.45) is 5.92 Å². The van der Waals surface area contributed by atoms with Gasteiger partial charge in [-0.1, -0.05) is 0 Å². The quantitative estimate of drug-likeness (QED) is 0.854. The lowest BCUT2D eigenvalue weighted by Gasteiger charge is -2.47. The fourth-order valence-electron chi connectivity index (χ4n) is 3.10. The van der Waals surface area contributed by atoms with Crippen molar-refractivity contribution in [1.82, 2.24) is 9.88 Å². The van der Waals surface area contributed by atoms with Gasteiger partial charge in [-0.2, -0.15) is 0 Å². The van der Waals surface area contributed by atoms with Gasteiger partial charge in [-0.25, -0.2) is 4.98 Å². The average Bonchev–Trinajstić information content (AvgIpc) is 3.00. The zero-order chi connectivity index (χ0) is 14.4. The lowest BCUT2D eigenvalue weighted by molar-refractivity contribution is 0.0284. The molecule has 1 spiro atoms. The minimum Gasteiger partial charge on any atom is -0.377 e. The van der Waals surface area contributed by atoms with Crippen LogP contribution in [0.2, 0.25) is 0 Å². The summed E-state index contributed by atoms with van der Waals surface area (Å²) < 4.78 is 6.27. The second-order valence-electron chi connectivity index (χ2n) is 6.51. The molecule has 1 aromatic rings. The average molecular weight is 324 g/mol. The minimum atomic E-state index is 0.0907. The van der Waals surface area contributed by atoms with E-state index in [1.165, 1.54) is 12.8 Å². The number of hydrogen-bond acceptors (Lipinski definition) is 5. The second-order valence-corrected chi connectivity index (χ2v) is 9.06. The van der Waals surface area contributed by atoms with Crippen LogP contribution in [-0.4, -0.2) is 52.1 Å². The van der Waals surface area contributed by atoms with Crippen molar-refractivity contribution >= 4 is 29.0 Å². The lowest BCUT2D eigenvalue weighted by atomic mass is 9.92. The molecule has 4 nitrogen and oxygen atoms in total. The number of thiazole rings is 1. The molecule has 0 bridgehead atoms. The molecule has 6 heteroatoms. The Bertz CT molecular complexity index is 550. The summed E-state index contributed by atoms with van der Waals surface area (Å²) in [4.78, 5) is 18.5. The molecule has 0 radical (unpaired) electrons. The van der Waals surface area contributed by atoms with Gasteiger partial charge < -0.3 is 9.64 Å². The van der Waals surface area contributed by atoms with Gasteiger partial charge in [0.1, 0.15) is 5.69 Å². The smallest absolute Gasteiger partial charge is 0.273 e. The molecule has 4 rings (SSSR count). The van der Waals surface area contributed by atoms with Gasteiger partial charge in [0.25, 0.3) is 5.91 Å². The van der Waals surface area contributed by atoms with Crippen molar-refractivity contribution in [2.45, 2.75) is 37.0 Å². The fourth-order valence-corrected chi connectivity index (χ4v) is 5.24. The molecule has 0 aromatic carbocycles. The first kappa shape index (κ1) is 14.0. The Balaban J connectivity index is 1.29. The molecule has 2 saturated heterocycles. The van der Waals surface area contributed by atoms with Crippen LogP contribution in [0.25, 0.3) is 0 Å². The maximum Gasteiger partial charge on any atom is 0.273 e. The Labute approximate surface area is 133 Å². The minimum absolute atomic E-state index is 0.0907. The number of likely N-dealkylation sites (tertiary alicyclic amines) is 1. The molecule has 114 valence electrons.